The number of anilines is 1. The molecule has 0 unspecified atom stereocenters. The fraction of sp³-hybridized carbons (Fsp3) is 0.462. The Labute approximate surface area is 376 Å². The molecule has 0 aliphatic carbocycles. The highest BCUT2D eigenvalue weighted by atomic mass is 32.2. The van der Waals surface area contributed by atoms with E-state index in [1.807, 2.05) is 0 Å². The summed E-state index contributed by atoms with van der Waals surface area (Å²) in [4.78, 5) is 53.2. The third kappa shape index (κ3) is 14.3. The van der Waals surface area contributed by atoms with Crippen molar-refractivity contribution < 1.29 is 95.0 Å². The maximum atomic E-state index is 13.6. The topological polar surface area (TPSA) is 351 Å². The fourth-order valence-corrected chi connectivity index (χ4v) is 9.08. The fourth-order valence-electron chi connectivity index (χ4n) is 7.62. The molecule has 0 radical (unpaired) electrons. The molecule has 2 aromatic rings. The first-order valence-corrected chi connectivity index (χ1v) is 25.2. The number of aromatic carboxylic acids is 2. The molecule has 0 fully saturated rings. The molecule has 0 atom stereocenters. The predicted molar refractivity (Wildman–Crippen MR) is 229 cm³/mol. The minimum Gasteiger partial charge on any atom is -0.748 e. The molecule has 22 nitrogen and oxygen atoms in total. The second-order valence-electron chi connectivity index (χ2n) is 15.7. The molecule has 0 bridgehead atoms. The molecule has 358 valence electrons. The number of allylic oxidation sites excluding steroid dienone is 4. The van der Waals surface area contributed by atoms with Crippen LogP contribution in [-0.4, -0.2) is 139 Å². The SMILES string of the molecule is CCCOC(=O)c1cc(C(=O)O)cc2c1C(C)(C)C(/C=C/C=C1/N(CCCS(=O)(=O)O)c3cc(C(=O)O)cc(C(=O)OCCCS(=O)(=O)O)c3C1(C)C)=[N+]2CCCS(=O)(=O)[O-].O=S(=O)=O. The van der Waals surface area contributed by atoms with Crippen LogP contribution in [0.2, 0.25) is 0 Å². The van der Waals surface area contributed by atoms with Gasteiger partial charge in [-0.2, -0.15) is 21.4 Å². The summed E-state index contributed by atoms with van der Waals surface area (Å²) in [6.45, 7) is 8.04. The maximum Gasteiger partial charge on any atom is 0.425 e. The molecule has 65 heavy (non-hydrogen) atoms. The summed E-state index contributed by atoms with van der Waals surface area (Å²) in [7, 11) is -16.6. The Morgan fingerprint density at radius 2 is 1.26 bits per heavy atom. The lowest BCUT2D eigenvalue weighted by atomic mass is 9.78. The molecule has 2 heterocycles. The number of fused-ring (bicyclic) bond motifs is 2. The predicted octanol–water partition coefficient (Wildman–Crippen LogP) is 2.91. The molecule has 0 aromatic heterocycles. The molecule has 2 aliphatic rings. The summed E-state index contributed by atoms with van der Waals surface area (Å²) >= 11 is 0. The van der Waals surface area contributed by atoms with Gasteiger partial charge < -0.3 is 29.1 Å². The summed E-state index contributed by atoms with van der Waals surface area (Å²) in [5.74, 6) is -6.72. The molecule has 2 aromatic carbocycles. The number of hydrogen-bond donors (Lipinski definition) is 4. The normalized spacial score (nSPS) is 15.9. The molecule has 4 N–H and O–H groups in total. The second-order valence-corrected chi connectivity index (χ2v) is 20.7. The summed E-state index contributed by atoms with van der Waals surface area (Å²) < 4.78 is 137. The van der Waals surface area contributed by atoms with Gasteiger partial charge in [-0.1, -0.05) is 26.8 Å². The van der Waals surface area contributed by atoms with Gasteiger partial charge in [0.2, 0.25) is 5.69 Å². The molecular formula is C39H48N2O20S4. The lowest BCUT2D eigenvalue weighted by Gasteiger charge is -2.27. The summed E-state index contributed by atoms with van der Waals surface area (Å²) in [6.07, 6.45) is 4.64. The molecule has 0 spiro atoms. The maximum absolute atomic E-state index is 13.6. The van der Waals surface area contributed by atoms with Gasteiger partial charge in [0.1, 0.15) is 6.54 Å². The number of nitrogens with zero attached hydrogens (tertiary/aromatic N) is 2. The molecule has 0 amide bonds. The van der Waals surface area contributed by atoms with Crippen molar-refractivity contribution in [2.45, 2.75) is 71.1 Å². The van der Waals surface area contributed by atoms with E-state index < -0.39 is 99.5 Å². The van der Waals surface area contributed by atoms with E-state index in [0.29, 0.717) is 23.4 Å². The smallest absolute Gasteiger partial charge is 0.425 e. The van der Waals surface area contributed by atoms with Gasteiger partial charge in [0.25, 0.3) is 20.2 Å². The van der Waals surface area contributed by atoms with Crippen molar-refractivity contribution in [1.82, 2.24) is 0 Å². The van der Waals surface area contributed by atoms with Gasteiger partial charge in [-0.3, -0.25) is 9.11 Å². The quantitative estimate of drug-likeness (QED) is 0.0641. The highest BCUT2D eigenvalue weighted by Gasteiger charge is 2.48. The number of carbonyl (C=O) groups excluding carboxylic acids is 2. The van der Waals surface area contributed by atoms with Crippen molar-refractivity contribution in [2.24, 2.45) is 0 Å². The number of ether oxygens (including phenoxy) is 2. The third-order valence-electron chi connectivity index (χ3n) is 10.1. The van der Waals surface area contributed by atoms with E-state index in [2.05, 4.69) is 0 Å². The zero-order valence-corrected chi connectivity index (χ0v) is 38.9. The molecular weight excluding hydrogens is 945 g/mol. The number of benzene rings is 2. The van der Waals surface area contributed by atoms with E-state index in [9.17, 15) is 63.8 Å². The van der Waals surface area contributed by atoms with E-state index in [-0.39, 0.29) is 78.2 Å². The van der Waals surface area contributed by atoms with Gasteiger partial charge in [-0.05, 0) is 57.4 Å². The zero-order valence-electron chi connectivity index (χ0n) is 35.7. The highest BCUT2D eigenvalue weighted by Crippen LogP contribution is 2.50. The Bertz CT molecular complexity index is 2790. The van der Waals surface area contributed by atoms with Crippen LogP contribution in [0.4, 0.5) is 11.4 Å². The molecule has 4 rings (SSSR count). The van der Waals surface area contributed by atoms with Crippen LogP contribution in [0, 0.1) is 0 Å². The van der Waals surface area contributed by atoms with Crippen molar-refractivity contribution in [3.63, 3.8) is 0 Å². The third-order valence-corrected chi connectivity index (χ3v) is 12.5. The minimum absolute atomic E-state index is 0.0411. The van der Waals surface area contributed by atoms with Gasteiger partial charge in [-0.25, -0.2) is 27.6 Å². The Morgan fingerprint density at radius 3 is 1.77 bits per heavy atom. The van der Waals surface area contributed by atoms with E-state index in [1.165, 1.54) is 18.2 Å². The lowest BCUT2D eigenvalue weighted by Crippen LogP contribution is -2.30. The first-order valence-electron chi connectivity index (χ1n) is 19.4. The molecule has 2 aliphatic heterocycles. The number of rotatable bonds is 20. The van der Waals surface area contributed by atoms with Crippen LogP contribution in [0.15, 0.2) is 48.2 Å². The van der Waals surface area contributed by atoms with Crippen LogP contribution in [-0.2, 0) is 61.3 Å². The monoisotopic (exact) mass is 992 g/mol. The van der Waals surface area contributed by atoms with Crippen molar-refractivity contribution in [2.75, 3.05) is 48.5 Å². The standard InChI is InChI=1S/C39H48N2O17S3.O3S/c1-6-15-57-36(46)26-20-24(34(42)43)22-28-32(26)38(2,3)30(40(28)13-8-17-59(48,49)50)11-7-12-31-39(4,5)33-27(37(47)58-16-10-19-61(54,55)56)21-25(35(44)45)23-29(33)41(31)14-9-18-60(51,52)53;1-4(2)3/h7,11-12,20-23H,6,8-10,13-19H2,1-5H3,(H4-,42,43,44,45,48,49,50,51,52,53,54,55,56);. The van der Waals surface area contributed by atoms with Crippen LogP contribution < -0.4 is 4.90 Å². The van der Waals surface area contributed by atoms with E-state index in [1.54, 1.807) is 62.3 Å². The molecule has 0 saturated heterocycles. The Kier molecular flexibility index (Phi) is 17.7. The average molecular weight is 993 g/mol. The first-order chi connectivity index (χ1) is 29.8. The van der Waals surface area contributed by atoms with Crippen molar-refractivity contribution in [3.8, 4) is 0 Å². The van der Waals surface area contributed by atoms with Crippen LogP contribution in [0.3, 0.4) is 0 Å². The Hall–Kier alpha value is -5.38. The van der Waals surface area contributed by atoms with Gasteiger partial charge >= 0.3 is 34.5 Å². The van der Waals surface area contributed by atoms with E-state index in [0.717, 1.165) is 6.07 Å². The van der Waals surface area contributed by atoms with E-state index >= 15 is 0 Å². The highest BCUT2D eigenvalue weighted by molar-refractivity contribution is 7.86. The van der Waals surface area contributed by atoms with Gasteiger partial charge in [0.15, 0.2) is 5.71 Å². The van der Waals surface area contributed by atoms with E-state index in [4.69, 9.17) is 26.7 Å². The average Bonchev–Trinajstić information content (AvgIpc) is 3.51. The second kappa shape index (κ2) is 21.3. The molecule has 0 saturated carbocycles. The number of carbonyl (C=O) groups is 4. The Morgan fingerprint density at radius 1 is 0.754 bits per heavy atom. The largest absolute Gasteiger partial charge is 0.748 e. The van der Waals surface area contributed by atoms with Crippen molar-refractivity contribution in [1.29, 1.82) is 0 Å². The summed E-state index contributed by atoms with van der Waals surface area (Å²) in [5, 5.41) is 20.0. The van der Waals surface area contributed by atoms with Crippen LogP contribution >= 0.6 is 0 Å². The van der Waals surface area contributed by atoms with Gasteiger partial charge in [0.05, 0.1) is 68.1 Å². The number of carboxylic acid groups (broad SMARTS) is 2. The number of esters is 2. The first kappa shape index (κ1) is 54.0. The van der Waals surface area contributed by atoms with Crippen molar-refractivity contribution in [3.05, 3.63) is 81.6 Å². The van der Waals surface area contributed by atoms with Gasteiger partial charge in [-0.15, -0.1) is 12.6 Å². The minimum atomic E-state index is -4.66. The number of carboxylic acids is 2. The van der Waals surface area contributed by atoms with Gasteiger partial charge in [0, 0.05) is 53.2 Å². The summed E-state index contributed by atoms with van der Waals surface area (Å²) in [5.41, 5.74) is -1.21. The zero-order chi connectivity index (χ0) is 49.5. The lowest BCUT2D eigenvalue weighted by molar-refractivity contribution is -0.437. The Balaban J connectivity index is 0.00000269. The molecule has 26 heteroatoms. The van der Waals surface area contributed by atoms with Crippen molar-refractivity contribution >= 4 is 81.9 Å². The van der Waals surface area contributed by atoms with Crippen LogP contribution in [0.1, 0.15) is 113 Å². The number of hydrogen-bond acceptors (Lipinski definition) is 17. The van der Waals surface area contributed by atoms with Crippen LogP contribution in [0.5, 0.6) is 0 Å². The van der Waals surface area contributed by atoms with Crippen LogP contribution in [0.25, 0.3) is 0 Å². The summed E-state index contributed by atoms with van der Waals surface area (Å²) in [6, 6.07) is 4.90.